The van der Waals surface area contributed by atoms with Gasteiger partial charge in [-0.25, -0.2) is 4.99 Å². The van der Waals surface area contributed by atoms with Gasteiger partial charge in [-0.2, -0.15) is 8.78 Å². The Morgan fingerprint density at radius 3 is 2.76 bits per heavy atom. The second-order valence-corrected chi connectivity index (χ2v) is 7.12. The maximum absolute atomic E-state index is 12.8. The van der Waals surface area contributed by atoms with Crippen molar-refractivity contribution in [2.45, 2.75) is 46.8 Å². The van der Waals surface area contributed by atoms with Gasteiger partial charge in [0.1, 0.15) is 11.5 Å². The standard InChI is InChI=1S/C21H34F2N4O2/c1-4-11-28-18-8-7-17(19(12-18)29-20(22)23)14-26-21(24-5-2)25-13-16-9-10-27(6-3)15-16/h7-8,12,16,20H,4-6,9-11,13-15H2,1-3H3,(H2,24,25,26). The number of aliphatic imine (C=N–C) groups is 1. The van der Waals surface area contributed by atoms with Crippen molar-refractivity contribution in [1.29, 1.82) is 0 Å². The number of benzene rings is 1. The summed E-state index contributed by atoms with van der Waals surface area (Å²) < 4.78 is 35.9. The molecule has 29 heavy (non-hydrogen) atoms. The number of likely N-dealkylation sites (tertiary alicyclic amines) is 1. The first-order valence-corrected chi connectivity index (χ1v) is 10.5. The van der Waals surface area contributed by atoms with Gasteiger partial charge in [0.25, 0.3) is 0 Å². The molecule has 6 nitrogen and oxygen atoms in total. The molecule has 8 heteroatoms. The van der Waals surface area contributed by atoms with E-state index < -0.39 is 6.61 Å². The topological polar surface area (TPSA) is 58.1 Å². The molecular formula is C21H34F2N4O2. The molecule has 1 aromatic carbocycles. The maximum atomic E-state index is 12.8. The van der Waals surface area contributed by atoms with Gasteiger partial charge < -0.3 is 25.0 Å². The van der Waals surface area contributed by atoms with Crippen LogP contribution in [0.4, 0.5) is 8.78 Å². The molecule has 2 N–H and O–H groups in total. The fourth-order valence-electron chi connectivity index (χ4n) is 3.29. The molecule has 1 fully saturated rings. The summed E-state index contributed by atoms with van der Waals surface area (Å²) in [5, 5.41) is 6.59. The lowest BCUT2D eigenvalue weighted by Gasteiger charge is -2.17. The third kappa shape index (κ3) is 8.04. The average molecular weight is 413 g/mol. The van der Waals surface area contributed by atoms with E-state index >= 15 is 0 Å². The Labute approximate surface area is 172 Å². The van der Waals surface area contributed by atoms with Gasteiger partial charge in [0.2, 0.25) is 0 Å². The zero-order valence-electron chi connectivity index (χ0n) is 17.7. The summed E-state index contributed by atoms with van der Waals surface area (Å²) in [6.45, 7) is 8.90. The molecule has 1 aliphatic rings. The minimum absolute atomic E-state index is 0.0996. The molecule has 1 atom stereocenters. The summed E-state index contributed by atoms with van der Waals surface area (Å²) in [6.07, 6.45) is 2.01. The molecule has 0 spiro atoms. The summed E-state index contributed by atoms with van der Waals surface area (Å²) >= 11 is 0. The van der Waals surface area contributed by atoms with Crippen molar-refractivity contribution in [1.82, 2.24) is 15.5 Å². The van der Waals surface area contributed by atoms with Crippen molar-refractivity contribution in [3.8, 4) is 11.5 Å². The molecule has 1 heterocycles. The smallest absolute Gasteiger partial charge is 0.387 e. The highest BCUT2D eigenvalue weighted by molar-refractivity contribution is 5.79. The van der Waals surface area contributed by atoms with Crippen LogP contribution in [0, 0.1) is 5.92 Å². The molecule has 164 valence electrons. The van der Waals surface area contributed by atoms with Crippen LogP contribution in [0.2, 0.25) is 0 Å². The lowest BCUT2D eigenvalue weighted by atomic mass is 10.1. The van der Waals surface area contributed by atoms with Gasteiger partial charge in [-0.15, -0.1) is 0 Å². The zero-order valence-corrected chi connectivity index (χ0v) is 17.7. The van der Waals surface area contributed by atoms with Gasteiger partial charge in [0, 0.05) is 31.3 Å². The minimum Gasteiger partial charge on any atom is -0.493 e. The van der Waals surface area contributed by atoms with Crippen LogP contribution in [0.25, 0.3) is 0 Å². The Hall–Kier alpha value is -2.09. The number of ether oxygens (including phenoxy) is 2. The third-order valence-electron chi connectivity index (χ3n) is 4.85. The molecule has 1 aromatic rings. The number of nitrogens with one attached hydrogen (secondary N) is 2. The molecule has 0 aromatic heterocycles. The van der Waals surface area contributed by atoms with Gasteiger partial charge in [0.15, 0.2) is 5.96 Å². The second-order valence-electron chi connectivity index (χ2n) is 7.12. The van der Waals surface area contributed by atoms with Crippen LogP contribution in [0.15, 0.2) is 23.2 Å². The highest BCUT2D eigenvalue weighted by atomic mass is 19.3. The van der Waals surface area contributed by atoms with E-state index in [1.807, 2.05) is 13.8 Å². The molecular weight excluding hydrogens is 378 g/mol. The summed E-state index contributed by atoms with van der Waals surface area (Å²) in [5.41, 5.74) is 0.587. The van der Waals surface area contributed by atoms with E-state index in [2.05, 4.69) is 27.4 Å². The van der Waals surface area contributed by atoms with Crippen molar-refractivity contribution < 1.29 is 18.3 Å². The molecule has 1 unspecified atom stereocenters. The van der Waals surface area contributed by atoms with Crippen LogP contribution in [0.5, 0.6) is 11.5 Å². The van der Waals surface area contributed by atoms with Crippen LogP contribution in [0.1, 0.15) is 39.2 Å². The summed E-state index contributed by atoms with van der Waals surface area (Å²) in [5.74, 6) is 1.88. The van der Waals surface area contributed by atoms with Crippen LogP contribution in [-0.4, -0.2) is 56.8 Å². The molecule has 1 aliphatic heterocycles. The van der Waals surface area contributed by atoms with Crippen molar-refractivity contribution in [2.75, 3.05) is 39.3 Å². The number of alkyl halides is 2. The van der Waals surface area contributed by atoms with Crippen molar-refractivity contribution >= 4 is 5.96 Å². The van der Waals surface area contributed by atoms with Crippen LogP contribution >= 0.6 is 0 Å². The summed E-state index contributed by atoms with van der Waals surface area (Å²) in [4.78, 5) is 7.00. The fraction of sp³-hybridized carbons (Fsp3) is 0.667. The van der Waals surface area contributed by atoms with E-state index in [0.29, 0.717) is 29.8 Å². The quantitative estimate of drug-likeness (QED) is 0.431. The van der Waals surface area contributed by atoms with E-state index in [9.17, 15) is 8.78 Å². The Bertz CT molecular complexity index is 643. The normalized spacial score (nSPS) is 17.6. The molecule has 2 rings (SSSR count). The van der Waals surface area contributed by atoms with Gasteiger partial charge in [-0.05, 0) is 50.9 Å². The average Bonchev–Trinajstić information content (AvgIpc) is 3.17. The van der Waals surface area contributed by atoms with E-state index in [0.717, 1.165) is 39.1 Å². The second kappa shape index (κ2) is 12.5. The maximum Gasteiger partial charge on any atom is 0.387 e. The van der Waals surface area contributed by atoms with E-state index in [-0.39, 0.29) is 12.3 Å². The number of rotatable bonds is 11. The van der Waals surface area contributed by atoms with Crippen LogP contribution in [-0.2, 0) is 6.54 Å². The fourth-order valence-corrected chi connectivity index (χ4v) is 3.29. The first kappa shape index (κ1) is 23.2. The van der Waals surface area contributed by atoms with E-state index in [1.165, 1.54) is 12.5 Å². The monoisotopic (exact) mass is 412 g/mol. The Morgan fingerprint density at radius 1 is 1.28 bits per heavy atom. The SMILES string of the molecule is CCCOc1ccc(CN=C(NCC)NCC2CCN(CC)C2)c(OC(F)F)c1. The van der Waals surface area contributed by atoms with Crippen molar-refractivity contribution in [3.63, 3.8) is 0 Å². The first-order chi connectivity index (χ1) is 14.0. The highest BCUT2D eigenvalue weighted by Gasteiger charge is 2.21. The number of nitrogens with zero attached hydrogens (tertiary/aromatic N) is 2. The van der Waals surface area contributed by atoms with Crippen LogP contribution in [0.3, 0.4) is 0 Å². The number of hydrogen-bond acceptors (Lipinski definition) is 4. The summed E-state index contributed by atoms with van der Waals surface area (Å²) in [6, 6.07) is 4.99. The molecule has 0 aliphatic carbocycles. The molecule has 0 radical (unpaired) electrons. The Balaban J connectivity index is 2.02. The largest absolute Gasteiger partial charge is 0.493 e. The molecule has 0 amide bonds. The minimum atomic E-state index is -2.89. The van der Waals surface area contributed by atoms with E-state index in [1.54, 1.807) is 12.1 Å². The van der Waals surface area contributed by atoms with Crippen molar-refractivity contribution in [2.24, 2.45) is 10.9 Å². The molecule has 1 saturated heterocycles. The molecule has 0 bridgehead atoms. The highest BCUT2D eigenvalue weighted by Crippen LogP contribution is 2.27. The third-order valence-corrected chi connectivity index (χ3v) is 4.85. The Morgan fingerprint density at radius 2 is 2.10 bits per heavy atom. The predicted molar refractivity (Wildman–Crippen MR) is 112 cm³/mol. The number of halogens is 2. The predicted octanol–water partition coefficient (Wildman–Crippen LogP) is 3.47. The zero-order chi connectivity index (χ0) is 21.1. The number of guanidine groups is 1. The molecule has 0 saturated carbocycles. The summed E-state index contributed by atoms with van der Waals surface area (Å²) in [7, 11) is 0. The Kier molecular flexibility index (Phi) is 9.97. The van der Waals surface area contributed by atoms with Gasteiger partial charge >= 0.3 is 6.61 Å². The van der Waals surface area contributed by atoms with Crippen molar-refractivity contribution in [3.05, 3.63) is 23.8 Å². The van der Waals surface area contributed by atoms with Crippen LogP contribution < -0.4 is 20.1 Å². The number of hydrogen-bond donors (Lipinski definition) is 2. The first-order valence-electron chi connectivity index (χ1n) is 10.5. The van der Waals surface area contributed by atoms with Gasteiger partial charge in [-0.1, -0.05) is 13.8 Å². The lowest BCUT2D eigenvalue weighted by molar-refractivity contribution is -0.0505. The lowest BCUT2D eigenvalue weighted by Crippen LogP contribution is -2.40. The van der Waals surface area contributed by atoms with Gasteiger partial charge in [0.05, 0.1) is 13.2 Å². The van der Waals surface area contributed by atoms with Gasteiger partial charge in [-0.3, -0.25) is 0 Å². The van der Waals surface area contributed by atoms with E-state index in [4.69, 9.17) is 9.47 Å².